The summed E-state index contributed by atoms with van der Waals surface area (Å²) in [7, 11) is 0. The minimum Gasteiger partial charge on any atom is -0.478 e. The fraction of sp³-hybridized carbons (Fsp3) is 0.385. The van der Waals surface area contributed by atoms with Crippen LogP contribution in [0.25, 0.3) is 0 Å². The number of rotatable bonds is 3. The molecule has 21 heavy (non-hydrogen) atoms. The third-order valence-corrected chi connectivity index (χ3v) is 3.15. The number of carboxylic acids is 1. The Balaban J connectivity index is 2.08. The van der Waals surface area contributed by atoms with Gasteiger partial charge in [-0.05, 0) is 18.2 Å². The second-order valence-electron chi connectivity index (χ2n) is 4.53. The molecule has 0 bridgehead atoms. The lowest BCUT2D eigenvalue weighted by Crippen LogP contribution is -2.52. The summed E-state index contributed by atoms with van der Waals surface area (Å²) in [5, 5.41) is 20.4. The molecular formula is C13H15FN2O5. The van der Waals surface area contributed by atoms with E-state index in [4.69, 9.17) is 9.84 Å². The number of nitrogens with one attached hydrogen (secondary N) is 1. The largest absolute Gasteiger partial charge is 0.478 e. The SMILES string of the molecule is O=C(O)c1ccc(NC(=O)N2CCOCC2CO)cc1F. The number of hydrogen-bond donors (Lipinski definition) is 3. The Bertz CT molecular complexity index is 551. The summed E-state index contributed by atoms with van der Waals surface area (Å²) in [5.41, 5.74) is -0.321. The molecule has 1 aromatic carbocycles. The fourth-order valence-electron chi connectivity index (χ4n) is 2.04. The molecule has 1 aromatic rings. The summed E-state index contributed by atoms with van der Waals surface area (Å²) in [6, 6.07) is 2.37. The first-order valence-electron chi connectivity index (χ1n) is 6.32. The Labute approximate surface area is 119 Å². The Morgan fingerprint density at radius 3 is 2.86 bits per heavy atom. The van der Waals surface area contributed by atoms with Crippen molar-refractivity contribution in [3.8, 4) is 0 Å². The second-order valence-corrected chi connectivity index (χ2v) is 4.53. The van der Waals surface area contributed by atoms with E-state index in [0.29, 0.717) is 13.2 Å². The van der Waals surface area contributed by atoms with Crippen LogP contribution in [0, 0.1) is 5.82 Å². The van der Waals surface area contributed by atoms with Crippen molar-refractivity contribution in [1.29, 1.82) is 0 Å². The Morgan fingerprint density at radius 2 is 2.24 bits per heavy atom. The molecule has 3 N–H and O–H groups in total. The number of halogens is 1. The molecule has 7 nitrogen and oxygen atoms in total. The molecule has 1 atom stereocenters. The molecule has 1 aliphatic heterocycles. The normalized spacial score (nSPS) is 18.4. The van der Waals surface area contributed by atoms with Gasteiger partial charge in [-0.25, -0.2) is 14.0 Å². The number of ether oxygens (including phenoxy) is 1. The molecule has 2 amide bonds. The van der Waals surface area contributed by atoms with Crippen LogP contribution < -0.4 is 5.32 Å². The Kier molecular flexibility index (Phi) is 4.71. The average Bonchev–Trinajstić information content (AvgIpc) is 2.46. The quantitative estimate of drug-likeness (QED) is 0.764. The molecule has 0 radical (unpaired) electrons. The van der Waals surface area contributed by atoms with E-state index in [-0.39, 0.29) is 18.9 Å². The average molecular weight is 298 g/mol. The van der Waals surface area contributed by atoms with Crippen molar-refractivity contribution in [2.45, 2.75) is 6.04 Å². The molecule has 1 saturated heterocycles. The minimum absolute atomic E-state index is 0.144. The standard InChI is InChI=1S/C13H15FN2O5/c14-11-5-8(1-2-10(11)12(18)19)15-13(20)16-3-4-21-7-9(16)6-17/h1-2,5,9,17H,3-4,6-7H2,(H,15,20)(H,18,19). The zero-order valence-electron chi connectivity index (χ0n) is 11.1. The van der Waals surface area contributed by atoms with Crippen LogP contribution in [-0.4, -0.2) is 59.5 Å². The van der Waals surface area contributed by atoms with Crippen molar-refractivity contribution >= 4 is 17.7 Å². The van der Waals surface area contributed by atoms with Gasteiger partial charge in [0.1, 0.15) is 5.82 Å². The molecule has 8 heteroatoms. The number of carboxylic acid groups (broad SMARTS) is 1. The molecule has 1 heterocycles. The molecule has 1 unspecified atom stereocenters. The van der Waals surface area contributed by atoms with E-state index in [0.717, 1.165) is 12.1 Å². The monoisotopic (exact) mass is 298 g/mol. The summed E-state index contributed by atoms with van der Waals surface area (Å²) in [5.74, 6) is -2.31. The molecule has 0 aromatic heterocycles. The topological polar surface area (TPSA) is 99.1 Å². The molecule has 0 aliphatic carbocycles. The van der Waals surface area contributed by atoms with Gasteiger partial charge in [-0.15, -0.1) is 0 Å². The fourth-order valence-corrected chi connectivity index (χ4v) is 2.04. The van der Waals surface area contributed by atoms with Crippen LogP contribution in [0.5, 0.6) is 0 Å². The van der Waals surface area contributed by atoms with E-state index in [1.54, 1.807) is 0 Å². The van der Waals surface area contributed by atoms with Crippen molar-refractivity contribution < 1.29 is 28.9 Å². The smallest absolute Gasteiger partial charge is 0.338 e. The summed E-state index contributed by atoms with van der Waals surface area (Å²) >= 11 is 0. The van der Waals surface area contributed by atoms with Gasteiger partial charge in [0.15, 0.2) is 0 Å². The van der Waals surface area contributed by atoms with Crippen molar-refractivity contribution in [3.05, 3.63) is 29.6 Å². The van der Waals surface area contributed by atoms with E-state index < -0.39 is 29.4 Å². The third kappa shape index (κ3) is 3.47. The molecule has 114 valence electrons. The number of benzene rings is 1. The van der Waals surface area contributed by atoms with Crippen LogP contribution in [0.1, 0.15) is 10.4 Å². The highest BCUT2D eigenvalue weighted by Gasteiger charge is 2.26. The van der Waals surface area contributed by atoms with Crippen LogP contribution >= 0.6 is 0 Å². The number of hydrogen-bond acceptors (Lipinski definition) is 4. The maximum Gasteiger partial charge on any atom is 0.338 e. The Morgan fingerprint density at radius 1 is 1.48 bits per heavy atom. The maximum absolute atomic E-state index is 13.5. The van der Waals surface area contributed by atoms with E-state index >= 15 is 0 Å². The zero-order valence-corrected chi connectivity index (χ0v) is 11.1. The molecular weight excluding hydrogens is 283 g/mol. The number of morpholine rings is 1. The molecule has 0 saturated carbocycles. The lowest BCUT2D eigenvalue weighted by atomic mass is 10.2. The number of urea groups is 1. The first kappa shape index (κ1) is 15.2. The van der Waals surface area contributed by atoms with Crippen molar-refractivity contribution in [3.63, 3.8) is 0 Å². The van der Waals surface area contributed by atoms with Crippen LogP contribution in [0.4, 0.5) is 14.9 Å². The van der Waals surface area contributed by atoms with Gasteiger partial charge < -0.3 is 25.2 Å². The number of aliphatic hydroxyl groups excluding tert-OH is 1. The van der Waals surface area contributed by atoms with Crippen LogP contribution in [0.2, 0.25) is 0 Å². The van der Waals surface area contributed by atoms with Gasteiger partial charge >= 0.3 is 12.0 Å². The Hall–Kier alpha value is -2.19. The zero-order chi connectivity index (χ0) is 15.4. The predicted molar refractivity (Wildman–Crippen MR) is 70.8 cm³/mol. The molecule has 1 aliphatic rings. The van der Waals surface area contributed by atoms with Gasteiger partial charge in [0.05, 0.1) is 31.4 Å². The van der Waals surface area contributed by atoms with E-state index in [1.165, 1.54) is 11.0 Å². The molecule has 0 spiro atoms. The first-order valence-corrected chi connectivity index (χ1v) is 6.32. The number of anilines is 1. The number of aliphatic hydroxyl groups is 1. The van der Waals surface area contributed by atoms with Crippen molar-refractivity contribution in [2.24, 2.45) is 0 Å². The number of amides is 2. The summed E-state index contributed by atoms with van der Waals surface area (Å²) in [6.07, 6.45) is 0. The van der Waals surface area contributed by atoms with Gasteiger partial charge in [-0.2, -0.15) is 0 Å². The highest BCUT2D eigenvalue weighted by molar-refractivity contribution is 5.92. The van der Waals surface area contributed by atoms with E-state index in [9.17, 15) is 19.1 Å². The van der Waals surface area contributed by atoms with Gasteiger partial charge in [-0.1, -0.05) is 0 Å². The number of aromatic carboxylic acids is 1. The third-order valence-electron chi connectivity index (χ3n) is 3.15. The summed E-state index contributed by atoms with van der Waals surface area (Å²) in [4.78, 5) is 24.2. The number of nitrogens with zero attached hydrogens (tertiary/aromatic N) is 1. The van der Waals surface area contributed by atoms with Crippen LogP contribution in [0.15, 0.2) is 18.2 Å². The molecule has 2 rings (SSSR count). The van der Waals surface area contributed by atoms with Crippen molar-refractivity contribution in [2.75, 3.05) is 31.7 Å². The molecule has 1 fully saturated rings. The van der Waals surface area contributed by atoms with E-state index in [1.807, 2.05) is 0 Å². The second kappa shape index (κ2) is 6.51. The van der Waals surface area contributed by atoms with Crippen LogP contribution in [0.3, 0.4) is 0 Å². The van der Waals surface area contributed by atoms with Crippen molar-refractivity contribution in [1.82, 2.24) is 4.90 Å². The van der Waals surface area contributed by atoms with Gasteiger partial charge in [-0.3, -0.25) is 0 Å². The first-order chi connectivity index (χ1) is 10.0. The van der Waals surface area contributed by atoms with Gasteiger partial charge in [0.25, 0.3) is 0 Å². The summed E-state index contributed by atoms with van der Waals surface area (Å²) < 4.78 is 18.7. The van der Waals surface area contributed by atoms with E-state index in [2.05, 4.69) is 5.32 Å². The highest BCUT2D eigenvalue weighted by atomic mass is 19.1. The minimum atomic E-state index is -1.38. The number of carbonyl (C=O) groups excluding carboxylic acids is 1. The lowest BCUT2D eigenvalue weighted by molar-refractivity contribution is -0.00485. The highest BCUT2D eigenvalue weighted by Crippen LogP contribution is 2.16. The maximum atomic E-state index is 13.5. The lowest BCUT2D eigenvalue weighted by Gasteiger charge is -2.34. The number of carbonyl (C=O) groups is 2. The van der Waals surface area contributed by atoms with Gasteiger partial charge in [0.2, 0.25) is 0 Å². The van der Waals surface area contributed by atoms with Gasteiger partial charge in [0, 0.05) is 12.2 Å². The predicted octanol–water partition coefficient (Wildman–Crippen LogP) is 0.749. The summed E-state index contributed by atoms with van der Waals surface area (Å²) in [6.45, 7) is 0.666. The van der Waals surface area contributed by atoms with Crippen LogP contribution in [-0.2, 0) is 4.74 Å².